The Morgan fingerprint density at radius 2 is 1.93 bits per heavy atom. The monoisotopic (exact) mass is 376 g/mol. The smallest absolute Gasteiger partial charge is 0.238 e. The first kappa shape index (κ1) is 19.4. The lowest BCUT2D eigenvalue weighted by atomic mass is 10.2. The lowest BCUT2D eigenvalue weighted by molar-refractivity contribution is -0.132. The molecule has 2 heterocycles. The van der Waals surface area contributed by atoms with Gasteiger partial charge in [0.25, 0.3) is 0 Å². The lowest BCUT2D eigenvalue weighted by Crippen LogP contribution is -2.47. The largest absolute Gasteiger partial charge is 0.486 e. The number of carbonyl (C=O) groups is 2. The third kappa shape index (κ3) is 5.58. The zero-order valence-corrected chi connectivity index (χ0v) is 15.8. The van der Waals surface area contributed by atoms with E-state index in [0.29, 0.717) is 49.9 Å². The van der Waals surface area contributed by atoms with Crippen molar-refractivity contribution in [3.63, 3.8) is 0 Å². The van der Waals surface area contributed by atoms with E-state index < -0.39 is 0 Å². The normalized spacial score (nSPS) is 16.3. The first-order valence-electron chi connectivity index (χ1n) is 9.56. The fraction of sp³-hybridized carbons (Fsp3) is 0.579. The quantitative estimate of drug-likeness (QED) is 0.723. The van der Waals surface area contributed by atoms with E-state index in [2.05, 4.69) is 10.6 Å². The highest BCUT2D eigenvalue weighted by molar-refractivity contribution is 5.92. The molecule has 8 heteroatoms. The van der Waals surface area contributed by atoms with E-state index in [9.17, 15) is 9.59 Å². The highest BCUT2D eigenvalue weighted by Crippen LogP contribution is 2.32. The molecule has 2 aliphatic heterocycles. The molecule has 1 aromatic carbocycles. The van der Waals surface area contributed by atoms with Crippen molar-refractivity contribution in [2.24, 2.45) is 0 Å². The molecule has 0 radical (unpaired) electrons. The summed E-state index contributed by atoms with van der Waals surface area (Å²) in [6.07, 6.45) is 0.436. The molecule has 2 N–H and O–H groups in total. The maximum atomic E-state index is 12.4. The molecule has 2 amide bonds. The molecule has 27 heavy (non-hydrogen) atoms. The van der Waals surface area contributed by atoms with Crippen molar-refractivity contribution < 1.29 is 19.1 Å². The Balaban J connectivity index is 1.46. The number of ether oxygens (including phenoxy) is 2. The second-order valence-electron chi connectivity index (χ2n) is 6.66. The van der Waals surface area contributed by atoms with Crippen LogP contribution in [0.3, 0.4) is 0 Å². The van der Waals surface area contributed by atoms with Crippen LogP contribution < -0.4 is 20.1 Å². The van der Waals surface area contributed by atoms with Crippen molar-refractivity contribution in [2.45, 2.75) is 13.3 Å². The van der Waals surface area contributed by atoms with Gasteiger partial charge < -0.3 is 25.0 Å². The standard InChI is InChI=1S/C19H28N4O4/c1-2-22(8-5-19(25)23-9-6-20-7-10-23)14-18(24)21-15-3-4-16-17(13-15)27-12-11-26-16/h3-4,13,20H,2,5-12,14H2,1H3,(H,21,24). The fourth-order valence-electron chi connectivity index (χ4n) is 3.20. The van der Waals surface area contributed by atoms with Crippen molar-refractivity contribution in [1.29, 1.82) is 0 Å². The van der Waals surface area contributed by atoms with Crippen molar-refractivity contribution in [3.8, 4) is 11.5 Å². The van der Waals surface area contributed by atoms with Crippen LogP contribution in [0.5, 0.6) is 11.5 Å². The van der Waals surface area contributed by atoms with Gasteiger partial charge in [-0.25, -0.2) is 0 Å². The molecule has 0 bridgehead atoms. The van der Waals surface area contributed by atoms with Crippen LogP contribution in [0.15, 0.2) is 18.2 Å². The van der Waals surface area contributed by atoms with Crippen LogP contribution >= 0.6 is 0 Å². The minimum Gasteiger partial charge on any atom is -0.486 e. The van der Waals surface area contributed by atoms with Gasteiger partial charge in [-0.3, -0.25) is 14.5 Å². The summed E-state index contributed by atoms with van der Waals surface area (Å²) in [5.74, 6) is 1.39. The highest BCUT2D eigenvalue weighted by Gasteiger charge is 2.18. The number of hydrogen-bond acceptors (Lipinski definition) is 6. The lowest BCUT2D eigenvalue weighted by Gasteiger charge is -2.28. The molecule has 0 spiro atoms. The van der Waals surface area contributed by atoms with Crippen molar-refractivity contribution >= 4 is 17.5 Å². The molecular formula is C19H28N4O4. The zero-order valence-electron chi connectivity index (χ0n) is 15.8. The number of benzene rings is 1. The Morgan fingerprint density at radius 1 is 1.19 bits per heavy atom. The van der Waals surface area contributed by atoms with E-state index in [0.717, 1.165) is 26.2 Å². The third-order valence-corrected chi connectivity index (χ3v) is 4.75. The summed E-state index contributed by atoms with van der Waals surface area (Å²) in [6.45, 7) is 7.79. The number of nitrogens with zero attached hydrogens (tertiary/aromatic N) is 2. The van der Waals surface area contributed by atoms with Gasteiger partial charge in [-0.15, -0.1) is 0 Å². The summed E-state index contributed by atoms with van der Waals surface area (Å²) in [5.41, 5.74) is 0.678. The van der Waals surface area contributed by atoms with Crippen LogP contribution in [0.25, 0.3) is 0 Å². The predicted octanol–water partition coefficient (Wildman–Crippen LogP) is 0.540. The molecule has 2 aliphatic rings. The number of carbonyl (C=O) groups excluding carboxylic acids is 2. The van der Waals surface area contributed by atoms with E-state index >= 15 is 0 Å². The summed E-state index contributed by atoms with van der Waals surface area (Å²) in [7, 11) is 0. The van der Waals surface area contributed by atoms with E-state index in [1.54, 1.807) is 18.2 Å². The third-order valence-electron chi connectivity index (χ3n) is 4.75. The van der Waals surface area contributed by atoms with Crippen LogP contribution in [-0.2, 0) is 9.59 Å². The molecule has 148 valence electrons. The summed E-state index contributed by atoms with van der Waals surface area (Å²) in [5, 5.41) is 6.13. The average Bonchev–Trinajstić information content (AvgIpc) is 2.71. The molecule has 0 aliphatic carbocycles. The Labute approximate surface area is 159 Å². The Morgan fingerprint density at radius 3 is 2.67 bits per heavy atom. The zero-order chi connectivity index (χ0) is 19.1. The number of fused-ring (bicyclic) bond motifs is 1. The number of amides is 2. The van der Waals surface area contributed by atoms with Crippen molar-refractivity contribution in [2.75, 3.05) is 64.3 Å². The van der Waals surface area contributed by atoms with Crippen molar-refractivity contribution in [1.82, 2.24) is 15.1 Å². The van der Waals surface area contributed by atoms with Gasteiger partial charge in [0.1, 0.15) is 13.2 Å². The minimum absolute atomic E-state index is 0.108. The molecular weight excluding hydrogens is 348 g/mol. The van der Waals surface area contributed by atoms with Crippen molar-refractivity contribution in [3.05, 3.63) is 18.2 Å². The molecule has 0 saturated carbocycles. The topological polar surface area (TPSA) is 83.1 Å². The summed E-state index contributed by atoms with van der Waals surface area (Å²) >= 11 is 0. The van der Waals surface area contributed by atoms with Gasteiger partial charge >= 0.3 is 0 Å². The Bertz CT molecular complexity index is 661. The maximum Gasteiger partial charge on any atom is 0.238 e. The molecule has 8 nitrogen and oxygen atoms in total. The van der Waals surface area contributed by atoms with Crippen LogP contribution in [-0.4, -0.2) is 80.6 Å². The number of likely N-dealkylation sites (N-methyl/N-ethyl adjacent to an activating group) is 1. The van der Waals surface area contributed by atoms with Crippen LogP contribution in [0.1, 0.15) is 13.3 Å². The van der Waals surface area contributed by atoms with E-state index in [-0.39, 0.29) is 18.4 Å². The van der Waals surface area contributed by atoms with Crippen LogP contribution in [0.2, 0.25) is 0 Å². The summed E-state index contributed by atoms with van der Waals surface area (Å²) in [6, 6.07) is 5.38. The van der Waals surface area contributed by atoms with Gasteiger partial charge in [0.2, 0.25) is 11.8 Å². The van der Waals surface area contributed by atoms with E-state index in [1.165, 1.54) is 0 Å². The number of piperazine rings is 1. The Hall–Kier alpha value is -2.32. The highest BCUT2D eigenvalue weighted by atomic mass is 16.6. The minimum atomic E-state index is -0.108. The van der Waals surface area contributed by atoms with Gasteiger partial charge in [0.05, 0.1) is 6.54 Å². The van der Waals surface area contributed by atoms with Gasteiger partial charge in [0.15, 0.2) is 11.5 Å². The molecule has 0 aromatic heterocycles. The molecule has 1 aromatic rings. The van der Waals surface area contributed by atoms with Crippen LogP contribution in [0.4, 0.5) is 5.69 Å². The number of rotatable bonds is 7. The van der Waals surface area contributed by atoms with E-state index in [4.69, 9.17) is 9.47 Å². The Kier molecular flexibility index (Phi) is 6.89. The SMILES string of the molecule is CCN(CCC(=O)N1CCNCC1)CC(=O)Nc1ccc2c(c1)OCCO2. The summed E-state index contributed by atoms with van der Waals surface area (Å²) in [4.78, 5) is 28.5. The fourth-order valence-corrected chi connectivity index (χ4v) is 3.20. The van der Waals surface area contributed by atoms with Gasteiger partial charge in [0, 0.05) is 50.9 Å². The van der Waals surface area contributed by atoms with Crippen LogP contribution in [0, 0.1) is 0 Å². The predicted molar refractivity (Wildman–Crippen MR) is 102 cm³/mol. The molecule has 3 rings (SSSR count). The number of anilines is 1. The molecule has 1 saturated heterocycles. The second-order valence-corrected chi connectivity index (χ2v) is 6.66. The molecule has 0 unspecified atom stereocenters. The number of hydrogen-bond donors (Lipinski definition) is 2. The van der Waals surface area contributed by atoms with Gasteiger partial charge in [-0.2, -0.15) is 0 Å². The van der Waals surface area contributed by atoms with Gasteiger partial charge in [-0.05, 0) is 18.7 Å². The second kappa shape index (κ2) is 9.57. The number of nitrogens with one attached hydrogen (secondary N) is 2. The maximum absolute atomic E-state index is 12.4. The summed E-state index contributed by atoms with van der Waals surface area (Å²) < 4.78 is 11.0. The molecule has 1 fully saturated rings. The first-order chi connectivity index (χ1) is 13.2. The first-order valence-corrected chi connectivity index (χ1v) is 9.56. The molecule has 0 atom stereocenters. The average molecular weight is 376 g/mol. The van der Waals surface area contributed by atoms with E-state index in [1.807, 2.05) is 16.7 Å². The van der Waals surface area contributed by atoms with Gasteiger partial charge in [-0.1, -0.05) is 6.92 Å².